The fourth-order valence-corrected chi connectivity index (χ4v) is 2.25. The maximum atomic E-state index is 13.6. The van der Waals surface area contributed by atoms with Gasteiger partial charge < -0.3 is 15.7 Å². The summed E-state index contributed by atoms with van der Waals surface area (Å²) in [5.74, 6) is -1.16. The summed E-state index contributed by atoms with van der Waals surface area (Å²) in [6.45, 7) is 0.422. The summed E-state index contributed by atoms with van der Waals surface area (Å²) in [7, 11) is 0. The molecule has 2 aromatic carbocycles. The number of hydrogen-bond donors (Lipinski definition) is 3. The van der Waals surface area contributed by atoms with Gasteiger partial charge in [-0.15, -0.1) is 0 Å². The highest BCUT2D eigenvalue weighted by Crippen LogP contribution is 2.19. The number of nitrogens with one attached hydrogen (secondary N) is 2. The average molecular weight is 351 g/mol. The highest BCUT2D eigenvalue weighted by atomic mass is 35.5. The minimum Gasteiger partial charge on any atom is -0.508 e. The highest BCUT2D eigenvalue weighted by molar-refractivity contribution is 6.31. The minimum absolute atomic E-state index is 0.0746. The first-order valence-corrected chi connectivity index (χ1v) is 7.62. The smallest absolute Gasteiger partial charge is 0.251 e. The number of hydrogen-bond acceptors (Lipinski definition) is 3. The van der Waals surface area contributed by atoms with Gasteiger partial charge in [0, 0.05) is 29.2 Å². The molecular weight excluding hydrogens is 335 g/mol. The molecule has 0 aliphatic heterocycles. The van der Waals surface area contributed by atoms with Gasteiger partial charge in [-0.25, -0.2) is 4.39 Å². The fourth-order valence-electron chi connectivity index (χ4n) is 2.02. The summed E-state index contributed by atoms with van der Waals surface area (Å²) in [5.41, 5.74) is 0.544. The van der Waals surface area contributed by atoms with Crippen LogP contribution in [-0.2, 0) is 11.2 Å². The van der Waals surface area contributed by atoms with Crippen molar-refractivity contribution in [2.24, 2.45) is 0 Å². The zero-order valence-electron chi connectivity index (χ0n) is 12.7. The number of aromatic hydroxyl groups is 1. The monoisotopic (exact) mass is 350 g/mol. The Morgan fingerprint density at radius 2 is 1.71 bits per heavy atom. The first-order chi connectivity index (χ1) is 11.5. The summed E-state index contributed by atoms with van der Waals surface area (Å²) in [6, 6.07) is 10.0. The number of rotatable bonds is 6. The molecule has 0 heterocycles. The molecule has 2 amide bonds. The Balaban J connectivity index is 1.75. The van der Waals surface area contributed by atoms with Crippen LogP contribution in [0.2, 0.25) is 5.02 Å². The van der Waals surface area contributed by atoms with Crippen LogP contribution in [0.25, 0.3) is 0 Å². The van der Waals surface area contributed by atoms with Crippen molar-refractivity contribution in [1.29, 1.82) is 0 Å². The molecule has 0 unspecified atom stereocenters. The molecule has 0 saturated heterocycles. The number of carbonyl (C=O) groups excluding carboxylic acids is 2. The molecule has 0 fully saturated rings. The van der Waals surface area contributed by atoms with Crippen molar-refractivity contribution < 1.29 is 19.1 Å². The van der Waals surface area contributed by atoms with Crippen molar-refractivity contribution in [2.45, 2.75) is 6.42 Å². The number of amides is 2. The number of halogens is 2. The van der Waals surface area contributed by atoms with Crippen molar-refractivity contribution in [3.05, 3.63) is 64.4 Å². The second-order valence-electron chi connectivity index (χ2n) is 5.03. The molecule has 0 aliphatic rings. The van der Waals surface area contributed by atoms with E-state index >= 15 is 0 Å². The highest BCUT2D eigenvalue weighted by Gasteiger charge is 2.11. The van der Waals surface area contributed by atoms with Gasteiger partial charge in [0.2, 0.25) is 5.91 Å². The molecular formula is C17H16ClFN2O3. The normalized spacial score (nSPS) is 10.2. The number of carbonyl (C=O) groups is 2. The SMILES string of the molecule is O=C(Cc1c(F)cccc1Cl)NCCNC(=O)c1ccc(O)cc1. The first kappa shape index (κ1) is 17.7. The van der Waals surface area contributed by atoms with Crippen LogP contribution in [0.5, 0.6) is 5.75 Å². The van der Waals surface area contributed by atoms with Gasteiger partial charge in [-0.2, -0.15) is 0 Å². The maximum Gasteiger partial charge on any atom is 0.251 e. The Kier molecular flexibility index (Phi) is 6.14. The van der Waals surface area contributed by atoms with Gasteiger partial charge in [0.25, 0.3) is 5.91 Å². The summed E-state index contributed by atoms with van der Waals surface area (Å²) in [6.07, 6.45) is -0.169. The second-order valence-corrected chi connectivity index (χ2v) is 5.44. The van der Waals surface area contributed by atoms with Crippen LogP contribution in [0.4, 0.5) is 4.39 Å². The van der Waals surface area contributed by atoms with E-state index in [9.17, 15) is 14.0 Å². The van der Waals surface area contributed by atoms with Crippen molar-refractivity contribution in [1.82, 2.24) is 10.6 Å². The molecule has 0 radical (unpaired) electrons. The summed E-state index contributed by atoms with van der Waals surface area (Å²) < 4.78 is 13.6. The third-order valence-electron chi connectivity index (χ3n) is 3.26. The van der Waals surface area contributed by atoms with Crippen LogP contribution in [-0.4, -0.2) is 30.0 Å². The van der Waals surface area contributed by atoms with Gasteiger partial charge in [0.05, 0.1) is 6.42 Å². The van der Waals surface area contributed by atoms with Crippen molar-refractivity contribution in [3.8, 4) is 5.75 Å². The molecule has 7 heteroatoms. The number of phenolic OH excluding ortho intramolecular Hbond substituents is 1. The lowest BCUT2D eigenvalue weighted by atomic mass is 10.1. The van der Waals surface area contributed by atoms with E-state index in [4.69, 9.17) is 16.7 Å². The van der Waals surface area contributed by atoms with E-state index in [1.165, 1.54) is 42.5 Å². The molecule has 24 heavy (non-hydrogen) atoms. The van der Waals surface area contributed by atoms with E-state index in [1.807, 2.05) is 0 Å². The van der Waals surface area contributed by atoms with Gasteiger partial charge in [0.15, 0.2) is 0 Å². The van der Waals surface area contributed by atoms with E-state index in [-0.39, 0.29) is 47.7 Å². The topological polar surface area (TPSA) is 78.4 Å². The molecule has 0 aliphatic carbocycles. The molecule has 126 valence electrons. The quantitative estimate of drug-likeness (QED) is 0.699. The molecule has 0 saturated carbocycles. The lowest BCUT2D eigenvalue weighted by Gasteiger charge is -2.09. The van der Waals surface area contributed by atoms with Gasteiger partial charge in [-0.3, -0.25) is 9.59 Å². The van der Waals surface area contributed by atoms with Crippen LogP contribution in [0.3, 0.4) is 0 Å². The van der Waals surface area contributed by atoms with Gasteiger partial charge in [0.1, 0.15) is 11.6 Å². The zero-order chi connectivity index (χ0) is 17.5. The minimum atomic E-state index is -0.529. The predicted octanol–water partition coefficient (Wildman–Crippen LogP) is 2.27. The summed E-state index contributed by atoms with van der Waals surface area (Å²) in [4.78, 5) is 23.6. The lowest BCUT2D eigenvalue weighted by molar-refractivity contribution is -0.120. The van der Waals surface area contributed by atoms with Crippen LogP contribution >= 0.6 is 11.6 Å². The van der Waals surface area contributed by atoms with Crippen LogP contribution in [0, 0.1) is 5.82 Å². The van der Waals surface area contributed by atoms with E-state index < -0.39 is 5.82 Å². The van der Waals surface area contributed by atoms with Crippen molar-refractivity contribution in [3.63, 3.8) is 0 Å². The Morgan fingerprint density at radius 1 is 1.04 bits per heavy atom. The lowest BCUT2D eigenvalue weighted by Crippen LogP contribution is -2.35. The van der Waals surface area contributed by atoms with Gasteiger partial charge in [-0.1, -0.05) is 17.7 Å². The average Bonchev–Trinajstić information content (AvgIpc) is 2.55. The van der Waals surface area contributed by atoms with Crippen LogP contribution in [0.15, 0.2) is 42.5 Å². The third-order valence-corrected chi connectivity index (χ3v) is 3.62. The predicted molar refractivity (Wildman–Crippen MR) is 88.6 cm³/mol. The Bertz CT molecular complexity index is 715. The van der Waals surface area contributed by atoms with Gasteiger partial charge >= 0.3 is 0 Å². The van der Waals surface area contributed by atoms with Crippen LogP contribution in [0.1, 0.15) is 15.9 Å². The molecule has 0 aromatic heterocycles. The molecule has 5 nitrogen and oxygen atoms in total. The van der Waals surface area contributed by atoms with E-state index in [1.54, 1.807) is 0 Å². The van der Waals surface area contributed by atoms with Crippen molar-refractivity contribution in [2.75, 3.05) is 13.1 Å². The fraction of sp³-hybridized carbons (Fsp3) is 0.176. The molecule has 2 rings (SSSR count). The van der Waals surface area contributed by atoms with Crippen molar-refractivity contribution >= 4 is 23.4 Å². The third kappa shape index (κ3) is 4.96. The molecule has 0 spiro atoms. The van der Waals surface area contributed by atoms with E-state index in [2.05, 4.69) is 10.6 Å². The summed E-state index contributed by atoms with van der Waals surface area (Å²) in [5, 5.41) is 14.6. The number of benzene rings is 2. The zero-order valence-corrected chi connectivity index (χ0v) is 13.4. The molecule has 0 bridgehead atoms. The van der Waals surface area contributed by atoms with Crippen LogP contribution < -0.4 is 10.6 Å². The molecule has 2 aromatic rings. The number of phenols is 1. The Morgan fingerprint density at radius 3 is 2.38 bits per heavy atom. The standard InChI is InChI=1S/C17H16ClFN2O3/c18-14-2-1-3-15(19)13(14)10-16(23)20-8-9-21-17(24)11-4-6-12(22)7-5-11/h1-7,22H,8-10H2,(H,20,23)(H,21,24). The molecule has 0 atom stereocenters. The first-order valence-electron chi connectivity index (χ1n) is 7.24. The van der Waals surface area contributed by atoms with E-state index in [0.717, 1.165) is 0 Å². The maximum absolute atomic E-state index is 13.6. The largest absolute Gasteiger partial charge is 0.508 e. The Labute approximate surface area is 143 Å². The molecule has 3 N–H and O–H groups in total. The van der Waals surface area contributed by atoms with Gasteiger partial charge in [-0.05, 0) is 36.4 Å². The Hall–Kier alpha value is -2.60. The van der Waals surface area contributed by atoms with E-state index in [0.29, 0.717) is 5.56 Å². The second kappa shape index (κ2) is 8.31. The summed E-state index contributed by atoms with van der Waals surface area (Å²) >= 11 is 5.86.